The summed E-state index contributed by atoms with van der Waals surface area (Å²) in [7, 11) is 1.58. The van der Waals surface area contributed by atoms with E-state index >= 15 is 0 Å². The van der Waals surface area contributed by atoms with Gasteiger partial charge in [-0.2, -0.15) is 0 Å². The smallest absolute Gasteiger partial charge is 0.236 e. The molecule has 0 fully saturated rings. The first kappa shape index (κ1) is 13.5. The number of aliphatic hydroxyl groups is 1. The van der Waals surface area contributed by atoms with Crippen LogP contribution in [0.5, 0.6) is 5.75 Å². The molecule has 1 unspecified atom stereocenters. The van der Waals surface area contributed by atoms with Crippen molar-refractivity contribution >= 4 is 5.91 Å². The molecule has 0 aliphatic rings. The highest BCUT2D eigenvalue weighted by atomic mass is 16.5. The monoisotopic (exact) mass is 238 g/mol. The first-order valence-electron chi connectivity index (χ1n) is 5.40. The molecule has 0 spiro atoms. The summed E-state index contributed by atoms with van der Waals surface area (Å²) < 4.78 is 5.01. The summed E-state index contributed by atoms with van der Waals surface area (Å²) in [6.07, 6.45) is -0.747. The zero-order valence-corrected chi connectivity index (χ0v) is 10.0. The van der Waals surface area contributed by atoms with Gasteiger partial charge in [0.05, 0.1) is 19.3 Å². The van der Waals surface area contributed by atoms with Crippen molar-refractivity contribution in [3.05, 3.63) is 29.8 Å². The summed E-state index contributed by atoms with van der Waals surface area (Å²) in [5, 5.41) is 12.4. The molecule has 94 valence electrons. The van der Waals surface area contributed by atoms with Crippen molar-refractivity contribution in [2.45, 2.75) is 19.1 Å². The average molecular weight is 238 g/mol. The number of nitrogens with one attached hydrogen (secondary N) is 1. The highest BCUT2D eigenvalue weighted by Crippen LogP contribution is 2.16. The number of nitrogens with two attached hydrogens (primary N) is 1. The molecule has 17 heavy (non-hydrogen) atoms. The molecule has 0 aromatic heterocycles. The van der Waals surface area contributed by atoms with Crippen molar-refractivity contribution < 1.29 is 14.6 Å². The fourth-order valence-corrected chi connectivity index (χ4v) is 1.30. The molecule has 4 N–H and O–H groups in total. The maximum atomic E-state index is 11.2. The second-order valence-electron chi connectivity index (χ2n) is 3.82. The molecule has 2 atom stereocenters. The minimum atomic E-state index is -0.747. The number of benzene rings is 1. The molecule has 0 saturated carbocycles. The molecule has 5 heteroatoms. The van der Waals surface area contributed by atoms with Crippen molar-refractivity contribution in [3.8, 4) is 5.75 Å². The molecular formula is C12H18N2O3. The topological polar surface area (TPSA) is 84.6 Å². The maximum Gasteiger partial charge on any atom is 0.236 e. The Bertz CT molecular complexity index is 363. The fraction of sp³-hybridized carbons (Fsp3) is 0.417. The molecule has 0 saturated heterocycles. The van der Waals surface area contributed by atoms with Crippen molar-refractivity contribution in [3.63, 3.8) is 0 Å². The lowest BCUT2D eigenvalue weighted by atomic mass is 10.1. The number of methoxy groups -OCH3 is 1. The summed E-state index contributed by atoms with van der Waals surface area (Å²) in [4.78, 5) is 11.2. The lowest BCUT2D eigenvalue weighted by Gasteiger charge is -2.13. The highest BCUT2D eigenvalue weighted by Gasteiger charge is 2.11. The van der Waals surface area contributed by atoms with Gasteiger partial charge in [0.2, 0.25) is 5.91 Å². The Morgan fingerprint density at radius 1 is 1.47 bits per heavy atom. The number of aliphatic hydroxyl groups excluding tert-OH is 1. The van der Waals surface area contributed by atoms with Crippen LogP contribution in [0.15, 0.2) is 24.3 Å². The van der Waals surface area contributed by atoms with E-state index in [2.05, 4.69) is 5.32 Å². The predicted molar refractivity (Wildman–Crippen MR) is 64.6 cm³/mol. The molecule has 0 radical (unpaired) electrons. The summed E-state index contributed by atoms with van der Waals surface area (Å²) in [6.45, 7) is 1.74. The highest BCUT2D eigenvalue weighted by molar-refractivity contribution is 5.80. The quantitative estimate of drug-likeness (QED) is 0.683. The SMILES string of the molecule is COc1ccc(C(O)CNC(=O)[C@@H](C)N)cc1. The number of hydrogen-bond acceptors (Lipinski definition) is 4. The van der Waals surface area contributed by atoms with Crippen LogP contribution >= 0.6 is 0 Å². The van der Waals surface area contributed by atoms with Crippen LogP contribution in [-0.4, -0.2) is 30.7 Å². The Balaban J connectivity index is 2.51. The van der Waals surface area contributed by atoms with Gasteiger partial charge in [-0.25, -0.2) is 0 Å². The lowest BCUT2D eigenvalue weighted by molar-refractivity contribution is -0.122. The first-order chi connectivity index (χ1) is 8.04. The van der Waals surface area contributed by atoms with Crippen molar-refractivity contribution in [1.82, 2.24) is 5.32 Å². The van der Waals surface area contributed by atoms with Crippen molar-refractivity contribution in [1.29, 1.82) is 0 Å². The normalized spacial score (nSPS) is 13.9. The average Bonchev–Trinajstić information content (AvgIpc) is 2.35. The lowest BCUT2D eigenvalue weighted by Crippen LogP contribution is -2.40. The number of carbonyl (C=O) groups excluding carboxylic acids is 1. The van der Waals surface area contributed by atoms with E-state index in [1.807, 2.05) is 0 Å². The van der Waals surface area contributed by atoms with Gasteiger partial charge in [-0.05, 0) is 24.6 Å². The molecule has 0 aliphatic heterocycles. The molecule has 0 aliphatic carbocycles. The first-order valence-corrected chi connectivity index (χ1v) is 5.40. The van der Waals surface area contributed by atoms with Gasteiger partial charge in [0.1, 0.15) is 5.75 Å². The second-order valence-corrected chi connectivity index (χ2v) is 3.82. The Morgan fingerprint density at radius 3 is 2.53 bits per heavy atom. The number of amides is 1. The zero-order valence-electron chi connectivity index (χ0n) is 10.0. The van der Waals surface area contributed by atoms with Crippen LogP contribution in [0.2, 0.25) is 0 Å². The van der Waals surface area contributed by atoms with E-state index in [-0.39, 0.29) is 12.5 Å². The summed E-state index contributed by atoms with van der Waals surface area (Å²) in [5.41, 5.74) is 6.11. The van der Waals surface area contributed by atoms with Gasteiger partial charge in [-0.15, -0.1) is 0 Å². The number of rotatable bonds is 5. The van der Waals surface area contributed by atoms with Crippen molar-refractivity contribution in [2.24, 2.45) is 5.73 Å². The van der Waals surface area contributed by atoms with Gasteiger partial charge in [0.25, 0.3) is 0 Å². The summed E-state index contributed by atoms with van der Waals surface area (Å²) >= 11 is 0. The van der Waals surface area contributed by atoms with Crippen LogP contribution in [0.3, 0.4) is 0 Å². The number of hydrogen-bond donors (Lipinski definition) is 3. The Labute approximate surface area is 101 Å². The third-order valence-electron chi connectivity index (χ3n) is 2.38. The largest absolute Gasteiger partial charge is 0.497 e. The Hall–Kier alpha value is -1.59. The maximum absolute atomic E-state index is 11.2. The predicted octanol–water partition coefficient (Wildman–Crippen LogP) is 0.192. The van der Waals surface area contributed by atoms with Gasteiger partial charge < -0.3 is 20.9 Å². The van der Waals surface area contributed by atoms with Gasteiger partial charge in [0, 0.05) is 6.54 Å². The van der Waals surface area contributed by atoms with Crippen LogP contribution in [-0.2, 0) is 4.79 Å². The van der Waals surface area contributed by atoms with E-state index < -0.39 is 12.1 Å². The summed E-state index contributed by atoms with van der Waals surface area (Å²) in [5.74, 6) is 0.443. The van der Waals surface area contributed by atoms with Crippen molar-refractivity contribution in [2.75, 3.05) is 13.7 Å². The molecule has 0 bridgehead atoms. The third-order valence-corrected chi connectivity index (χ3v) is 2.38. The molecule has 1 amide bonds. The van der Waals surface area contributed by atoms with E-state index in [0.717, 1.165) is 11.3 Å². The van der Waals surface area contributed by atoms with Gasteiger partial charge in [-0.3, -0.25) is 4.79 Å². The van der Waals surface area contributed by atoms with Crippen LogP contribution in [0.4, 0.5) is 0 Å². The third kappa shape index (κ3) is 4.05. The molecule has 5 nitrogen and oxygen atoms in total. The van der Waals surface area contributed by atoms with E-state index in [9.17, 15) is 9.90 Å². The zero-order chi connectivity index (χ0) is 12.8. The Morgan fingerprint density at radius 2 is 2.06 bits per heavy atom. The van der Waals surface area contributed by atoms with Gasteiger partial charge in [-0.1, -0.05) is 12.1 Å². The standard InChI is InChI=1S/C12H18N2O3/c1-8(13)12(16)14-7-11(15)9-3-5-10(17-2)6-4-9/h3-6,8,11,15H,7,13H2,1-2H3,(H,14,16)/t8-,11?/m1/s1. The molecule has 1 rings (SSSR count). The fourth-order valence-electron chi connectivity index (χ4n) is 1.30. The second kappa shape index (κ2) is 6.22. The molecule has 1 aromatic carbocycles. The van der Waals surface area contributed by atoms with Crippen LogP contribution < -0.4 is 15.8 Å². The van der Waals surface area contributed by atoms with Crippen LogP contribution in [0.25, 0.3) is 0 Å². The van der Waals surface area contributed by atoms with E-state index in [1.54, 1.807) is 38.3 Å². The van der Waals surface area contributed by atoms with Gasteiger partial charge in [0.15, 0.2) is 0 Å². The minimum Gasteiger partial charge on any atom is -0.497 e. The van der Waals surface area contributed by atoms with Crippen LogP contribution in [0, 0.1) is 0 Å². The number of carbonyl (C=O) groups is 1. The van der Waals surface area contributed by atoms with E-state index in [0.29, 0.717) is 0 Å². The van der Waals surface area contributed by atoms with Crippen LogP contribution in [0.1, 0.15) is 18.6 Å². The Kier molecular flexibility index (Phi) is 4.93. The minimum absolute atomic E-state index is 0.146. The molecule has 1 aromatic rings. The van der Waals surface area contributed by atoms with E-state index in [4.69, 9.17) is 10.5 Å². The summed E-state index contributed by atoms with van der Waals surface area (Å²) in [6, 6.07) is 6.44. The molecular weight excluding hydrogens is 220 g/mol. The number of ether oxygens (including phenoxy) is 1. The molecule has 0 heterocycles. The van der Waals surface area contributed by atoms with Gasteiger partial charge >= 0.3 is 0 Å². The van der Waals surface area contributed by atoms with E-state index in [1.165, 1.54) is 0 Å².